The molecule has 0 aliphatic carbocycles. The molecule has 2 rings (SSSR count). The maximum atomic E-state index is 4.02. The van der Waals surface area contributed by atoms with E-state index < -0.39 is 0 Å². The summed E-state index contributed by atoms with van der Waals surface area (Å²) in [6.45, 7) is 2.96. The van der Waals surface area contributed by atoms with Gasteiger partial charge in [0.2, 0.25) is 0 Å². The highest BCUT2D eigenvalue weighted by molar-refractivity contribution is 7.09. The lowest BCUT2D eigenvalue weighted by Crippen LogP contribution is -2.17. The normalized spacial score (nSPS) is 12.9. The Morgan fingerprint density at radius 1 is 1.64 bits per heavy atom. The van der Waals surface area contributed by atoms with Crippen LogP contribution in [0, 0.1) is 0 Å². The molecule has 4 nitrogen and oxygen atoms in total. The van der Waals surface area contributed by atoms with Crippen molar-refractivity contribution in [2.45, 2.75) is 19.5 Å². The van der Waals surface area contributed by atoms with Gasteiger partial charge in [0.1, 0.15) is 0 Å². The highest BCUT2D eigenvalue weighted by Gasteiger charge is 2.05. The first-order valence-electron chi connectivity index (χ1n) is 4.46. The summed E-state index contributed by atoms with van der Waals surface area (Å²) in [4.78, 5) is 5.27. The molecule has 2 aromatic rings. The van der Waals surface area contributed by atoms with Gasteiger partial charge in [0.15, 0.2) is 0 Å². The standard InChI is InChI=1S/C9H12N4S/c1-7(9-2-3-12-13-9)11-5-8-4-10-6-14-8/h2-4,6-7,11H,5H2,1H3,(H,12,13). The fourth-order valence-electron chi connectivity index (χ4n) is 1.20. The third kappa shape index (κ3) is 2.18. The number of nitrogens with one attached hydrogen (secondary N) is 2. The quantitative estimate of drug-likeness (QED) is 0.804. The molecule has 0 fully saturated rings. The number of hydrogen-bond acceptors (Lipinski definition) is 4. The van der Waals surface area contributed by atoms with Gasteiger partial charge in [0.05, 0.1) is 11.2 Å². The molecule has 0 amide bonds. The monoisotopic (exact) mass is 208 g/mol. The van der Waals surface area contributed by atoms with Crippen molar-refractivity contribution < 1.29 is 0 Å². The molecule has 1 atom stereocenters. The van der Waals surface area contributed by atoms with Crippen molar-refractivity contribution in [3.63, 3.8) is 0 Å². The topological polar surface area (TPSA) is 53.6 Å². The smallest absolute Gasteiger partial charge is 0.0794 e. The molecule has 5 heteroatoms. The lowest BCUT2D eigenvalue weighted by Gasteiger charge is -2.10. The van der Waals surface area contributed by atoms with Crippen molar-refractivity contribution >= 4 is 11.3 Å². The minimum atomic E-state index is 0.291. The summed E-state index contributed by atoms with van der Waals surface area (Å²) in [6, 6.07) is 2.27. The number of aromatic amines is 1. The van der Waals surface area contributed by atoms with E-state index in [0.717, 1.165) is 12.2 Å². The van der Waals surface area contributed by atoms with Gasteiger partial charge in [-0.25, -0.2) is 0 Å². The van der Waals surface area contributed by atoms with Gasteiger partial charge in [-0.05, 0) is 13.0 Å². The van der Waals surface area contributed by atoms with E-state index in [1.54, 1.807) is 17.5 Å². The van der Waals surface area contributed by atoms with Gasteiger partial charge < -0.3 is 5.32 Å². The Balaban J connectivity index is 1.87. The molecular formula is C9H12N4S. The van der Waals surface area contributed by atoms with E-state index in [4.69, 9.17) is 0 Å². The van der Waals surface area contributed by atoms with E-state index in [1.807, 2.05) is 17.8 Å². The van der Waals surface area contributed by atoms with Crippen LogP contribution in [0.1, 0.15) is 23.5 Å². The average molecular weight is 208 g/mol. The van der Waals surface area contributed by atoms with Crippen molar-refractivity contribution in [2.75, 3.05) is 0 Å². The molecule has 0 saturated carbocycles. The molecule has 0 aliphatic rings. The van der Waals surface area contributed by atoms with Crippen LogP contribution in [-0.2, 0) is 6.54 Å². The maximum absolute atomic E-state index is 4.02. The number of aromatic nitrogens is 3. The van der Waals surface area contributed by atoms with Gasteiger partial charge in [-0.2, -0.15) is 5.10 Å². The Labute approximate surface area is 86.4 Å². The van der Waals surface area contributed by atoms with Crippen molar-refractivity contribution in [3.8, 4) is 0 Å². The van der Waals surface area contributed by atoms with E-state index in [2.05, 4.69) is 27.4 Å². The molecule has 0 aliphatic heterocycles. The van der Waals surface area contributed by atoms with Crippen LogP contribution in [0.25, 0.3) is 0 Å². The van der Waals surface area contributed by atoms with Crippen LogP contribution in [0.15, 0.2) is 24.0 Å². The maximum Gasteiger partial charge on any atom is 0.0794 e. The second-order valence-electron chi connectivity index (χ2n) is 3.08. The summed E-state index contributed by atoms with van der Waals surface area (Å²) >= 11 is 1.66. The summed E-state index contributed by atoms with van der Waals surface area (Å²) < 4.78 is 0. The van der Waals surface area contributed by atoms with Crippen molar-refractivity contribution in [1.29, 1.82) is 0 Å². The van der Waals surface area contributed by atoms with Crippen molar-refractivity contribution in [1.82, 2.24) is 20.5 Å². The number of nitrogens with zero attached hydrogens (tertiary/aromatic N) is 2. The molecule has 2 heterocycles. The van der Waals surface area contributed by atoms with E-state index in [0.29, 0.717) is 6.04 Å². The lowest BCUT2D eigenvalue weighted by atomic mass is 10.2. The zero-order chi connectivity index (χ0) is 9.80. The van der Waals surface area contributed by atoms with Gasteiger partial charge in [-0.1, -0.05) is 0 Å². The van der Waals surface area contributed by atoms with E-state index in [9.17, 15) is 0 Å². The van der Waals surface area contributed by atoms with Crippen LogP contribution < -0.4 is 5.32 Å². The molecule has 0 radical (unpaired) electrons. The van der Waals surface area contributed by atoms with Gasteiger partial charge >= 0.3 is 0 Å². The molecule has 2 N–H and O–H groups in total. The fraction of sp³-hybridized carbons (Fsp3) is 0.333. The van der Waals surface area contributed by atoms with Gasteiger partial charge in [0.25, 0.3) is 0 Å². The van der Waals surface area contributed by atoms with Crippen LogP contribution in [0.4, 0.5) is 0 Å². The molecule has 0 saturated heterocycles. The molecule has 74 valence electrons. The largest absolute Gasteiger partial charge is 0.304 e. The molecule has 0 spiro atoms. The Morgan fingerprint density at radius 3 is 3.21 bits per heavy atom. The van der Waals surface area contributed by atoms with Crippen LogP contribution in [0.5, 0.6) is 0 Å². The predicted molar refractivity (Wildman–Crippen MR) is 56.0 cm³/mol. The van der Waals surface area contributed by atoms with Crippen LogP contribution in [0.3, 0.4) is 0 Å². The van der Waals surface area contributed by atoms with E-state index in [-0.39, 0.29) is 0 Å². The Kier molecular flexibility index (Phi) is 2.90. The molecule has 1 unspecified atom stereocenters. The summed E-state index contributed by atoms with van der Waals surface area (Å²) in [7, 11) is 0. The number of rotatable bonds is 4. The zero-order valence-corrected chi connectivity index (χ0v) is 8.71. The molecular weight excluding hydrogens is 196 g/mol. The van der Waals surface area contributed by atoms with Crippen molar-refractivity contribution in [2.24, 2.45) is 0 Å². The van der Waals surface area contributed by atoms with Crippen molar-refractivity contribution in [3.05, 3.63) is 34.5 Å². The van der Waals surface area contributed by atoms with Crippen LogP contribution in [-0.4, -0.2) is 15.2 Å². The number of H-pyrrole nitrogens is 1. The first-order valence-corrected chi connectivity index (χ1v) is 5.34. The second-order valence-corrected chi connectivity index (χ2v) is 4.05. The fourth-order valence-corrected chi connectivity index (χ4v) is 1.75. The zero-order valence-electron chi connectivity index (χ0n) is 7.90. The molecule has 2 aromatic heterocycles. The summed E-state index contributed by atoms with van der Waals surface area (Å²) in [5, 5.41) is 10.2. The third-order valence-corrected chi connectivity index (χ3v) is 2.83. The van der Waals surface area contributed by atoms with E-state index >= 15 is 0 Å². The Morgan fingerprint density at radius 2 is 2.57 bits per heavy atom. The molecule has 0 aromatic carbocycles. The average Bonchev–Trinajstić information content (AvgIpc) is 2.87. The summed E-state index contributed by atoms with van der Waals surface area (Å²) in [6.07, 6.45) is 3.65. The van der Waals surface area contributed by atoms with Gasteiger partial charge in [-0.15, -0.1) is 11.3 Å². The minimum absolute atomic E-state index is 0.291. The van der Waals surface area contributed by atoms with E-state index in [1.165, 1.54) is 4.88 Å². The van der Waals surface area contributed by atoms with Crippen LogP contribution >= 0.6 is 11.3 Å². The highest BCUT2D eigenvalue weighted by Crippen LogP contribution is 2.10. The highest BCUT2D eigenvalue weighted by atomic mass is 32.1. The Bertz CT molecular complexity index is 354. The number of thiazole rings is 1. The lowest BCUT2D eigenvalue weighted by molar-refractivity contribution is 0.563. The molecule has 14 heavy (non-hydrogen) atoms. The second kappa shape index (κ2) is 4.34. The first kappa shape index (κ1) is 9.36. The summed E-state index contributed by atoms with van der Waals surface area (Å²) in [5.41, 5.74) is 2.95. The van der Waals surface area contributed by atoms with Gasteiger partial charge in [0, 0.05) is 29.9 Å². The minimum Gasteiger partial charge on any atom is -0.304 e. The predicted octanol–water partition coefficient (Wildman–Crippen LogP) is 1.72. The summed E-state index contributed by atoms with van der Waals surface area (Å²) in [5.74, 6) is 0. The molecule has 0 bridgehead atoms. The Hall–Kier alpha value is -1.20. The first-order chi connectivity index (χ1) is 6.86. The van der Waals surface area contributed by atoms with Crippen LogP contribution in [0.2, 0.25) is 0 Å². The van der Waals surface area contributed by atoms with Gasteiger partial charge in [-0.3, -0.25) is 10.1 Å². The SMILES string of the molecule is CC(NCc1cncs1)c1ccn[nH]1. The number of hydrogen-bond donors (Lipinski definition) is 2. The third-order valence-electron chi connectivity index (χ3n) is 2.05.